The predicted molar refractivity (Wildman–Crippen MR) is 101 cm³/mol. The minimum atomic E-state index is 0.280. The molecule has 2 aromatic heterocycles. The molecule has 0 aliphatic carbocycles. The summed E-state index contributed by atoms with van der Waals surface area (Å²) >= 11 is 0. The van der Waals surface area contributed by atoms with Gasteiger partial charge >= 0.3 is 0 Å². The molecule has 8 nitrogen and oxygen atoms in total. The van der Waals surface area contributed by atoms with E-state index in [0.717, 1.165) is 28.4 Å². The number of aromatic nitrogens is 3. The van der Waals surface area contributed by atoms with Gasteiger partial charge in [-0.15, -0.1) is 0 Å². The van der Waals surface area contributed by atoms with Gasteiger partial charge in [-0.25, -0.2) is 9.67 Å². The van der Waals surface area contributed by atoms with Crippen LogP contribution >= 0.6 is 0 Å². The maximum absolute atomic E-state index is 5.41. The van der Waals surface area contributed by atoms with E-state index >= 15 is 0 Å². The van der Waals surface area contributed by atoms with Crippen molar-refractivity contribution in [3.8, 4) is 17.3 Å². The fraction of sp³-hybridized carbons (Fsp3) is 0.211. The van der Waals surface area contributed by atoms with Crippen LogP contribution in [0.25, 0.3) is 5.82 Å². The minimum Gasteiger partial charge on any atom is -0.454 e. The van der Waals surface area contributed by atoms with Gasteiger partial charge in [-0.05, 0) is 41.5 Å². The maximum atomic E-state index is 5.41. The van der Waals surface area contributed by atoms with Crippen molar-refractivity contribution in [3.63, 3.8) is 0 Å². The molecular weight excluding hydrogens is 344 g/mol. The van der Waals surface area contributed by atoms with Crippen LogP contribution in [0.2, 0.25) is 0 Å². The molecule has 0 saturated carbocycles. The fourth-order valence-electron chi connectivity index (χ4n) is 2.74. The number of hydrogen-bond acceptors (Lipinski definition) is 5. The quantitative estimate of drug-likeness (QED) is 0.531. The third kappa shape index (κ3) is 4.00. The Bertz CT molecular complexity index is 939. The average molecular weight is 364 g/mol. The number of ether oxygens (including phenoxy) is 2. The van der Waals surface area contributed by atoms with Gasteiger partial charge in [0, 0.05) is 38.7 Å². The first kappa shape index (κ1) is 16.9. The first-order valence-corrected chi connectivity index (χ1v) is 8.60. The predicted octanol–water partition coefficient (Wildman–Crippen LogP) is 1.86. The Hall–Kier alpha value is -3.55. The van der Waals surface area contributed by atoms with Crippen LogP contribution in [-0.4, -0.2) is 34.6 Å². The van der Waals surface area contributed by atoms with E-state index in [9.17, 15) is 0 Å². The molecule has 3 aromatic rings. The third-order valence-corrected chi connectivity index (χ3v) is 4.13. The Morgan fingerprint density at radius 3 is 2.67 bits per heavy atom. The highest BCUT2D eigenvalue weighted by Gasteiger charge is 2.13. The van der Waals surface area contributed by atoms with Crippen molar-refractivity contribution in [3.05, 3.63) is 66.1 Å². The van der Waals surface area contributed by atoms with E-state index in [4.69, 9.17) is 9.47 Å². The lowest BCUT2D eigenvalue weighted by molar-refractivity contribution is 0.174. The van der Waals surface area contributed by atoms with Gasteiger partial charge < -0.3 is 20.1 Å². The van der Waals surface area contributed by atoms with Crippen LogP contribution in [0.5, 0.6) is 11.5 Å². The molecule has 27 heavy (non-hydrogen) atoms. The Labute approximate surface area is 156 Å². The minimum absolute atomic E-state index is 0.280. The van der Waals surface area contributed by atoms with E-state index in [-0.39, 0.29) is 6.79 Å². The second kappa shape index (κ2) is 7.77. The lowest BCUT2D eigenvalue weighted by Crippen LogP contribution is -2.36. The van der Waals surface area contributed by atoms with Crippen molar-refractivity contribution in [2.45, 2.75) is 13.1 Å². The van der Waals surface area contributed by atoms with Crippen molar-refractivity contribution in [1.29, 1.82) is 0 Å². The second-order valence-corrected chi connectivity index (χ2v) is 5.94. The molecular formula is C19H20N6O2. The van der Waals surface area contributed by atoms with Gasteiger partial charge in [0.25, 0.3) is 0 Å². The van der Waals surface area contributed by atoms with Crippen LogP contribution in [0.4, 0.5) is 0 Å². The van der Waals surface area contributed by atoms with E-state index in [0.29, 0.717) is 19.0 Å². The summed E-state index contributed by atoms with van der Waals surface area (Å²) in [5, 5.41) is 10.8. The lowest BCUT2D eigenvalue weighted by Gasteiger charge is -2.13. The van der Waals surface area contributed by atoms with Crippen LogP contribution in [-0.2, 0) is 13.1 Å². The van der Waals surface area contributed by atoms with Crippen LogP contribution in [0.3, 0.4) is 0 Å². The smallest absolute Gasteiger partial charge is 0.231 e. The molecule has 1 aliphatic heterocycles. The number of nitrogens with one attached hydrogen (secondary N) is 2. The molecule has 0 amide bonds. The topological polar surface area (TPSA) is 85.6 Å². The zero-order valence-corrected chi connectivity index (χ0v) is 14.9. The summed E-state index contributed by atoms with van der Waals surface area (Å²) in [5.41, 5.74) is 2.17. The normalized spacial score (nSPS) is 12.9. The van der Waals surface area contributed by atoms with Crippen LogP contribution in [0.1, 0.15) is 11.1 Å². The van der Waals surface area contributed by atoms with Crippen molar-refractivity contribution < 1.29 is 9.47 Å². The Balaban J connectivity index is 1.34. The van der Waals surface area contributed by atoms with Crippen molar-refractivity contribution in [1.82, 2.24) is 25.4 Å². The fourth-order valence-corrected chi connectivity index (χ4v) is 2.74. The summed E-state index contributed by atoms with van der Waals surface area (Å²) in [6, 6.07) is 11.7. The van der Waals surface area contributed by atoms with Crippen LogP contribution < -0.4 is 20.1 Å². The highest BCUT2D eigenvalue weighted by molar-refractivity contribution is 5.79. The summed E-state index contributed by atoms with van der Waals surface area (Å²) in [5.74, 6) is 3.06. The van der Waals surface area contributed by atoms with Gasteiger partial charge in [0.15, 0.2) is 23.3 Å². The number of nitrogens with zero attached hydrogens (tertiary/aromatic N) is 4. The van der Waals surface area contributed by atoms with Gasteiger partial charge in [0.1, 0.15) is 0 Å². The van der Waals surface area contributed by atoms with E-state index in [2.05, 4.69) is 25.7 Å². The summed E-state index contributed by atoms with van der Waals surface area (Å²) in [7, 11) is 1.75. The summed E-state index contributed by atoms with van der Waals surface area (Å²) in [6.07, 6.45) is 5.37. The second-order valence-electron chi connectivity index (χ2n) is 5.94. The largest absolute Gasteiger partial charge is 0.454 e. The highest BCUT2D eigenvalue weighted by Crippen LogP contribution is 2.32. The zero-order chi connectivity index (χ0) is 18.5. The van der Waals surface area contributed by atoms with E-state index in [1.54, 1.807) is 24.1 Å². The van der Waals surface area contributed by atoms with Crippen LogP contribution in [0.15, 0.2) is 60.0 Å². The Kier molecular flexibility index (Phi) is 4.86. The first-order valence-electron chi connectivity index (χ1n) is 8.60. The Morgan fingerprint density at radius 1 is 1.07 bits per heavy atom. The molecule has 1 aliphatic rings. The zero-order valence-electron chi connectivity index (χ0n) is 14.9. The number of fused-ring (bicyclic) bond motifs is 1. The molecule has 1 aromatic carbocycles. The molecule has 0 saturated heterocycles. The standard InChI is InChI=1S/C19H20N6O2/c1-20-19(22-11-14-3-4-16-17(9-14)27-13-26-16)23-12-15-5-7-21-18(10-15)25-8-2-6-24-25/h2-10H,11-13H2,1H3,(H2,20,22,23). The van der Waals surface area contributed by atoms with Gasteiger partial charge in [0.05, 0.1) is 0 Å². The molecule has 0 atom stereocenters. The van der Waals surface area contributed by atoms with E-state index in [1.165, 1.54) is 0 Å². The lowest BCUT2D eigenvalue weighted by atomic mass is 10.2. The molecule has 138 valence electrons. The summed E-state index contributed by atoms with van der Waals surface area (Å²) in [4.78, 5) is 8.61. The third-order valence-electron chi connectivity index (χ3n) is 4.13. The van der Waals surface area contributed by atoms with E-state index < -0.39 is 0 Å². The van der Waals surface area contributed by atoms with Gasteiger partial charge in [-0.3, -0.25) is 4.99 Å². The van der Waals surface area contributed by atoms with Gasteiger partial charge in [-0.1, -0.05) is 6.07 Å². The summed E-state index contributed by atoms with van der Waals surface area (Å²) < 4.78 is 12.5. The molecule has 3 heterocycles. The molecule has 0 radical (unpaired) electrons. The number of guanidine groups is 1. The van der Waals surface area contributed by atoms with Crippen LogP contribution in [0, 0.1) is 0 Å². The monoisotopic (exact) mass is 364 g/mol. The summed E-state index contributed by atoms with van der Waals surface area (Å²) in [6.45, 7) is 1.53. The SMILES string of the molecule is CN=C(NCc1ccnc(-n2cccn2)c1)NCc1ccc2c(c1)OCO2. The maximum Gasteiger partial charge on any atom is 0.231 e. The van der Waals surface area contributed by atoms with Gasteiger partial charge in [0.2, 0.25) is 6.79 Å². The molecule has 0 spiro atoms. The molecule has 8 heteroatoms. The number of benzene rings is 1. The number of pyridine rings is 1. The Morgan fingerprint density at radius 2 is 1.89 bits per heavy atom. The number of aliphatic imine (C=N–C) groups is 1. The molecule has 2 N–H and O–H groups in total. The first-order chi connectivity index (χ1) is 13.3. The van der Waals surface area contributed by atoms with E-state index in [1.807, 2.05) is 42.6 Å². The molecule has 0 unspecified atom stereocenters. The van der Waals surface area contributed by atoms with Gasteiger partial charge in [-0.2, -0.15) is 5.10 Å². The van der Waals surface area contributed by atoms with Crippen molar-refractivity contribution in [2.75, 3.05) is 13.8 Å². The molecule has 0 bridgehead atoms. The molecule has 0 fully saturated rings. The van der Waals surface area contributed by atoms with Crippen molar-refractivity contribution in [2.24, 2.45) is 4.99 Å². The average Bonchev–Trinajstić information content (AvgIpc) is 3.40. The molecule has 4 rings (SSSR count). The highest BCUT2D eigenvalue weighted by atomic mass is 16.7. The number of hydrogen-bond donors (Lipinski definition) is 2. The van der Waals surface area contributed by atoms with Crippen molar-refractivity contribution >= 4 is 5.96 Å². The number of rotatable bonds is 5.